The number of carbonyl (C=O) groups is 2. The van der Waals surface area contributed by atoms with E-state index in [1.807, 2.05) is 13.8 Å². The van der Waals surface area contributed by atoms with E-state index >= 15 is 0 Å². The van der Waals surface area contributed by atoms with Crippen molar-refractivity contribution in [1.82, 2.24) is 9.97 Å². The first-order valence-corrected chi connectivity index (χ1v) is 5.85. The molecule has 0 unspecified atom stereocenters. The zero-order valence-electron chi connectivity index (χ0n) is 11.2. The molecule has 0 aliphatic rings. The number of ether oxygens (including phenoxy) is 1. The molecule has 2 aromatic rings. The fraction of sp³-hybridized carbons (Fsp3) is 0.231. The second kappa shape index (κ2) is 6.46. The Bertz CT molecular complexity index is 654. The van der Waals surface area contributed by atoms with E-state index in [-0.39, 0.29) is 16.6 Å². The molecule has 2 rings (SSSR count). The predicted octanol–water partition coefficient (Wildman–Crippen LogP) is 1.85. The van der Waals surface area contributed by atoms with Crippen molar-refractivity contribution in [3.05, 3.63) is 29.7 Å². The number of carbonyl (C=O) groups excluding carboxylic acids is 1. The van der Waals surface area contributed by atoms with Gasteiger partial charge in [0.05, 0.1) is 7.11 Å². The van der Waals surface area contributed by atoms with Crippen LogP contribution in [0.15, 0.2) is 18.3 Å². The van der Waals surface area contributed by atoms with Crippen LogP contribution >= 0.6 is 0 Å². The van der Waals surface area contributed by atoms with Gasteiger partial charge in [0, 0.05) is 11.6 Å². The summed E-state index contributed by atoms with van der Waals surface area (Å²) in [4.78, 5) is 29.9. The fourth-order valence-electron chi connectivity index (χ4n) is 1.52. The fourth-order valence-corrected chi connectivity index (χ4v) is 1.52. The number of nitrogens with zero attached hydrogens (tertiary/aromatic N) is 2. The predicted molar refractivity (Wildman–Crippen MR) is 70.8 cm³/mol. The van der Waals surface area contributed by atoms with E-state index in [2.05, 4.69) is 14.7 Å². The summed E-state index contributed by atoms with van der Waals surface area (Å²) in [6.45, 7) is 4.00. The van der Waals surface area contributed by atoms with Crippen molar-refractivity contribution in [2.24, 2.45) is 0 Å². The lowest BCUT2D eigenvalue weighted by Crippen LogP contribution is -2.11. The van der Waals surface area contributed by atoms with Crippen LogP contribution in [0.5, 0.6) is 5.75 Å². The topological polar surface area (TPSA) is 110 Å². The van der Waals surface area contributed by atoms with Gasteiger partial charge in [-0.2, -0.15) is 0 Å². The van der Waals surface area contributed by atoms with E-state index in [4.69, 9.17) is 5.11 Å². The van der Waals surface area contributed by atoms with E-state index < -0.39 is 23.4 Å². The minimum atomic E-state index is -1.32. The average molecular weight is 278 g/mol. The highest BCUT2D eigenvalue weighted by Crippen LogP contribution is 2.28. The van der Waals surface area contributed by atoms with E-state index in [0.717, 1.165) is 7.11 Å². The highest BCUT2D eigenvalue weighted by molar-refractivity contribution is 6.06. The van der Waals surface area contributed by atoms with Crippen LogP contribution in [0.2, 0.25) is 0 Å². The van der Waals surface area contributed by atoms with Crippen LogP contribution in [0, 0.1) is 0 Å². The van der Waals surface area contributed by atoms with Gasteiger partial charge in [0.25, 0.3) is 0 Å². The van der Waals surface area contributed by atoms with E-state index in [1.165, 1.54) is 18.3 Å². The van der Waals surface area contributed by atoms with Crippen LogP contribution in [0.3, 0.4) is 0 Å². The van der Waals surface area contributed by atoms with Crippen LogP contribution in [-0.4, -0.2) is 39.2 Å². The zero-order chi connectivity index (χ0) is 15.3. The lowest BCUT2D eigenvalue weighted by Gasteiger charge is -2.07. The van der Waals surface area contributed by atoms with E-state index in [9.17, 15) is 14.7 Å². The molecule has 0 bridgehead atoms. The second-order valence-electron chi connectivity index (χ2n) is 3.35. The maximum absolute atomic E-state index is 11.4. The van der Waals surface area contributed by atoms with Crippen molar-refractivity contribution in [3.8, 4) is 5.75 Å². The van der Waals surface area contributed by atoms with Crippen molar-refractivity contribution < 1.29 is 24.5 Å². The molecule has 0 spiro atoms. The molecule has 2 aromatic heterocycles. The molecule has 0 fully saturated rings. The second-order valence-corrected chi connectivity index (χ2v) is 3.35. The number of methoxy groups -OCH3 is 1. The van der Waals surface area contributed by atoms with Crippen molar-refractivity contribution in [2.75, 3.05) is 7.11 Å². The van der Waals surface area contributed by atoms with Crippen LogP contribution in [-0.2, 0) is 4.74 Å². The van der Waals surface area contributed by atoms with E-state index in [0.29, 0.717) is 0 Å². The Hall–Kier alpha value is -2.70. The first kappa shape index (κ1) is 15.4. The van der Waals surface area contributed by atoms with Gasteiger partial charge in [-0.15, -0.1) is 0 Å². The monoisotopic (exact) mass is 278 g/mol. The lowest BCUT2D eigenvalue weighted by molar-refractivity contribution is 0.0590. The van der Waals surface area contributed by atoms with Gasteiger partial charge in [-0.1, -0.05) is 13.8 Å². The Morgan fingerprint density at radius 1 is 1.25 bits per heavy atom. The first-order valence-electron chi connectivity index (χ1n) is 5.85. The molecule has 2 N–H and O–H groups in total. The van der Waals surface area contributed by atoms with Gasteiger partial charge >= 0.3 is 11.9 Å². The number of hydrogen-bond acceptors (Lipinski definition) is 6. The third kappa shape index (κ3) is 2.66. The molecule has 0 atom stereocenters. The van der Waals surface area contributed by atoms with Crippen LogP contribution in [0.4, 0.5) is 0 Å². The minimum Gasteiger partial charge on any atom is -0.504 e. The Morgan fingerprint density at radius 2 is 1.90 bits per heavy atom. The molecule has 0 saturated carbocycles. The molecular formula is C13H14N2O5. The van der Waals surface area contributed by atoms with Crippen molar-refractivity contribution in [3.63, 3.8) is 0 Å². The van der Waals surface area contributed by atoms with Gasteiger partial charge in [0.2, 0.25) is 0 Å². The summed E-state index contributed by atoms with van der Waals surface area (Å²) in [7, 11) is 1.10. The molecule has 20 heavy (non-hydrogen) atoms. The maximum atomic E-state index is 11.4. The molecule has 7 heteroatoms. The number of esters is 1. The van der Waals surface area contributed by atoms with Gasteiger partial charge in [-0.05, 0) is 12.1 Å². The lowest BCUT2D eigenvalue weighted by atomic mass is 10.1. The van der Waals surface area contributed by atoms with Gasteiger partial charge in [0.1, 0.15) is 5.52 Å². The summed E-state index contributed by atoms with van der Waals surface area (Å²) in [6, 6.07) is 2.95. The van der Waals surface area contributed by atoms with Crippen molar-refractivity contribution in [1.29, 1.82) is 0 Å². The number of aromatic carboxylic acids is 1. The Balaban J connectivity index is 0.000000956. The normalized spacial score (nSPS) is 9.55. The Kier molecular flexibility index (Phi) is 4.96. The molecule has 0 amide bonds. The van der Waals surface area contributed by atoms with Crippen molar-refractivity contribution in [2.45, 2.75) is 13.8 Å². The number of rotatable bonds is 2. The number of carboxylic acid groups (broad SMARTS) is 1. The third-order valence-electron chi connectivity index (χ3n) is 2.32. The Labute approximate surface area is 114 Å². The number of fused-ring (bicyclic) bond motifs is 1. The number of aromatic nitrogens is 2. The van der Waals surface area contributed by atoms with Gasteiger partial charge in [-0.25, -0.2) is 14.6 Å². The number of carboxylic acids is 1. The largest absolute Gasteiger partial charge is 0.504 e. The minimum absolute atomic E-state index is 0.00898. The van der Waals surface area contributed by atoms with Gasteiger partial charge < -0.3 is 14.9 Å². The zero-order valence-corrected chi connectivity index (χ0v) is 11.2. The Morgan fingerprint density at radius 3 is 2.45 bits per heavy atom. The SMILES string of the molecule is CC.COC(=O)c1nc(C(=O)O)c2cccnc2c1O. The summed E-state index contributed by atoms with van der Waals surface area (Å²) in [5.74, 6) is -2.75. The summed E-state index contributed by atoms with van der Waals surface area (Å²) >= 11 is 0. The van der Waals surface area contributed by atoms with E-state index in [1.54, 1.807) is 0 Å². The van der Waals surface area contributed by atoms with Crippen molar-refractivity contribution >= 4 is 22.8 Å². The third-order valence-corrected chi connectivity index (χ3v) is 2.32. The summed E-state index contributed by atoms with van der Waals surface area (Å²) in [6.07, 6.45) is 1.37. The molecule has 0 aliphatic carbocycles. The number of aromatic hydroxyl groups is 1. The van der Waals surface area contributed by atoms with Crippen LogP contribution < -0.4 is 0 Å². The molecule has 0 aliphatic heterocycles. The maximum Gasteiger partial charge on any atom is 0.360 e. The van der Waals surface area contributed by atoms with Gasteiger partial charge in [0.15, 0.2) is 17.1 Å². The smallest absolute Gasteiger partial charge is 0.360 e. The van der Waals surface area contributed by atoms with Crippen LogP contribution in [0.1, 0.15) is 34.8 Å². The molecule has 106 valence electrons. The van der Waals surface area contributed by atoms with Gasteiger partial charge in [-0.3, -0.25) is 4.98 Å². The standard InChI is InChI=1S/C11H8N2O5.C2H6/c1-18-11(17)8-9(14)6-5(3-2-4-12-6)7(13-8)10(15)16;1-2/h2-4,14H,1H3,(H,15,16);1-2H3. The summed E-state index contributed by atoms with van der Waals surface area (Å²) < 4.78 is 4.42. The summed E-state index contributed by atoms with van der Waals surface area (Å²) in [5, 5.41) is 19.0. The molecule has 0 aromatic carbocycles. The number of hydrogen-bond donors (Lipinski definition) is 2. The van der Waals surface area contributed by atoms with Crippen LogP contribution in [0.25, 0.3) is 10.9 Å². The molecule has 7 nitrogen and oxygen atoms in total. The molecule has 2 heterocycles. The highest BCUT2D eigenvalue weighted by Gasteiger charge is 2.22. The number of pyridine rings is 2. The summed E-state index contributed by atoms with van der Waals surface area (Å²) in [5.41, 5.74) is -0.845. The molecule has 0 saturated heterocycles. The first-order chi connectivity index (χ1) is 9.56. The highest BCUT2D eigenvalue weighted by atomic mass is 16.5. The average Bonchev–Trinajstić information content (AvgIpc) is 2.49. The molecule has 0 radical (unpaired) electrons. The quantitative estimate of drug-likeness (QED) is 0.806. The molecular weight excluding hydrogens is 264 g/mol.